The van der Waals surface area contributed by atoms with Crippen molar-refractivity contribution < 1.29 is 27.4 Å². The molecule has 3 aromatic rings. The van der Waals surface area contributed by atoms with E-state index in [1.165, 1.54) is 7.11 Å². The van der Waals surface area contributed by atoms with Gasteiger partial charge in [-0.1, -0.05) is 24.3 Å². The number of rotatable bonds is 6. The molecule has 9 nitrogen and oxygen atoms in total. The highest BCUT2D eigenvalue weighted by atomic mass is 32.2. The molecule has 0 atom stereocenters. The summed E-state index contributed by atoms with van der Waals surface area (Å²) in [6.07, 6.45) is 0. The van der Waals surface area contributed by atoms with Crippen molar-refractivity contribution >= 4 is 15.8 Å². The summed E-state index contributed by atoms with van der Waals surface area (Å²) in [4.78, 5) is 15.2. The van der Waals surface area contributed by atoms with Gasteiger partial charge in [-0.15, -0.1) is 0 Å². The number of ether oxygens (including phenoxy) is 3. The number of esters is 1. The van der Waals surface area contributed by atoms with E-state index in [2.05, 4.69) is 10.00 Å². The first-order valence-electron chi connectivity index (χ1n) is 11.5. The van der Waals surface area contributed by atoms with E-state index in [1.54, 1.807) is 29.8 Å². The molecule has 2 aliphatic rings. The van der Waals surface area contributed by atoms with Crippen molar-refractivity contribution in [2.24, 2.45) is 0 Å². The quantitative estimate of drug-likeness (QED) is 0.480. The second-order valence-electron chi connectivity index (χ2n) is 8.46. The zero-order chi connectivity index (χ0) is 24.6. The third-order valence-corrected chi connectivity index (χ3v) is 7.95. The molecule has 1 fully saturated rings. The van der Waals surface area contributed by atoms with Gasteiger partial charge in [0.15, 0.2) is 15.5 Å². The summed E-state index contributed by atoms with van der Waals surface area (Å²) < 4.78 is 44.1. The lowest BCUT2D eigenvalue weighted by molar-refractivity contribution is 0.0342. The molecule has 2 aliphatic heterocycles. The van der Waals surface area contributed by atoms with Crippen LogP contribution in [0.4, 0.5) is 0 Å². The number of fused-ring (bicyclic) bond motifs is 3. The minimum absolute atomic E-state index is 0.0105. The fourth-order valence-corrected chi connectivity index (χ4v) is 6.38. The molecule has 5 rings (SSSR count). The highest BCUT2D eigenvalue weighted by Crippen LogP contribution is 2.44. The Hall–Kier alpha value is -3.21. The Morgan fingerprint density at radius 2 is 1.86 bits per heavy atom. The number of aromatic nitrogens is 2. The number of morpholine rings is 1. The number of benzene rings is 2. The summed E-state index contributed by atoms with van der Waals surface area (Å²) in [6.45, 7) is 5.93. The van der Waals surface area contributed by atoms with E-state index in [0.29, 0.717) is 16.8 Å². The fraction of sp³-hybridized carbons (Fsp3) is 0.360. The Morgan fingerprint density at radius 1 is 1.11 bits per heavy atom. The molecule has 0 spiro atoms. The SMILES string of the molecule is CCOC(=O)c1nn(-c2ccc(CN3CCOCC3)cc2)c2c1CS(=O)(=O)c1c(OC)cccc1-2. The topological polar surface area (TPSA) is 100.0 Å². The van der Waals surface area contributed by atoms with Crippen molar-refractivity contribution in [1.29, 1.82) is 0 Å². The third-order valence-electron chi connectivity index (χ3n) is 6.24. The summed E-state index contributed by atoms with van der Waals surface area (Å²) in [6, 6.07) is 13.0. The lowest BCUT2D eigenvalue weighted by atomic mass is 10.0. The number of sulfone groups is 1. The highest BCUT2D eigenvalue weighted by molar-refractivity contribution is 7.91. The summed E-state index contributed by atoms with van der Waals surface area (Å²) in [5.41, 5.74) is 3.21. The average Bonchev–Trinajstić information content (AvgIpc) is 3.23. The molecule has 184 valence electrons. The molecule has 10 heteroatoms. The predicted octanol–water partition coefficient (Wildman–Crippen LogP) is 2.84. The minimum Gasteiger partial charge on any atom is -0.495 e. The van der Waals surface area contributed by atoms with Crippen molar-refractivity contribution in [1.82, 2.24) is 14.7 Å². The van der Waals surface area contributed by atoms with Gasteiger partial charge in [-0.05, 0) is 30.7 Å². The second kappa shape index (κ2) is 9.44. The zero-order valence-electron chi connectivity index (χ0n) is 19.7. The van der Waals surface area contributed by atoms with E-state index in [-0.39, 0.29) is 28.7 Å². The van der Waals surface area contributed by atoms with Crippen LogP contribution in [0, 0.1) is 0 Å². The van der Waals surface area contributed by atoms with Crippen LogP contribution in [0.25, 0.3) is 16.9 Å². The summed E-state index contributed by atoms with van der Waals surface area (Å²) in [7, 11) is -2.32. The van der Waals surface area contributed by atoms with Crippen molar-refractivity contribution in [2.45, 2.75) is 24.1 Å². The summed E-state index contributed by atoms with van der Waals surface area (Å²) in [5.74, 6) is -0.744. The number of methoxy groups -OCH3 is 1. The number of nitrogens with zero attached hydrogens (tertiary/aromatic N) is 3. The zero-order valence-corrected chi connectivity index (χ0v) is 20.5. The number of carbonyl (C=O) groups excluding carboxylic acids is 1. The lowest BCUT2D eigenvalue weighted by Crippen LogP contribution is -2.35. The maximum atomic E-state index is 13.2. The molecule has 0 bridgehead atoms. The average molecular weight is 498 g/mol. The Morgan fingerprint density at radius 3 is 2.54 bits per heavy atom. The molecule has 0 radical (unpaired) electrons. The van der Waals surface area contributed by atoms with Crippen molar-refractivity contribution in [2.75, 3.05) is 40.0 Å². The van der Waals surface area contributed by atoms with Crippen LogP contribution < -0.4 is 4.74 Å². The molecular weight excluding hydrogens is 470 g/mol. The van der Waals surface area contributed by atoms with Crippen LogP contribution in [-0.2, 0) is 31.6 Å². The van der Waals surface area contributed by atoms with E-state index in [9.17, 15) is 13.2 Å². The maximum absolute atomic E-state index is 13.2. The van der Waals surface area contributed by atoms with Gasteiger partial charge < -0.3 is 14.2 Å². The largest absolute Gasteiger partial charge is 0.495 e. The third kappa shape index (κ3) is 4.33. The smallest absolute Gasteiger partial charge is 0.359 e. The van der Waals surface area contributed by atoms with Crippen LogP contribution in [0.5, 0.6) is 5.75 Å². The lowest BCUT2D eigenvalue weighted by Gasteiger charge is -2.26. The van der Waals surface area contributed by atoms with E-state index >= 15 is 0 Å². The molecule has 2 aromatic carbocycles. The van der Waals surface area contributed by atoms with Crippen LogP contribution in [0.15, 0.2) is 47.4 Å². The Labute approximate surface area is 204 Å². The molecular formula is C25H27N3O6S. The molecule has 35 heavy (non-hydrogen) atoms. The van der Waals surface area contributed by atoms with E-state index < -0.39 is 15.8 Å². The van der Waals surface area contributed by atoms with Crippen molar-refractivity contribution in [3.63, 3.8) is 0 Å². The van der Waals surface area contributed by atoms with Crippen molar-refractivity contribution in [3.8, 4) is 22.7 Å². The maximum Gasteiger partial charge on any atom is 0.359 e. The van der Waals surface area contributed by atoms with Gasteiger partial charge in [0.1, 0.15) is 10.6 Å². The van der Waals surface area contributed by atoms with Crippen molar-refractivity contribution in [3.05, 3.63) is 59.3 Å². The van der Waals surface area contributed by atoms with Gasteiger partial charge in [-0.25, -0.2) is 17.9 Å². The predicted molar refractivity (Wildman–Crippen MR) is 128 cm³/mol. The Kier molecular flexibility index (Phi) is 6.35. The molecule has 0 unspecified atom stereocenters. The Bertz CT molecular complexity index is 1360. The first-order valence-corrected chi connectivity index (χ1v) is 13.2. The van der Waals surface area contributed by atoms with E-state index in [4.69, 9.17) is 14.2 Å². The fourth-order valence-electron chi connectivity index (χ4n) is 4.62. The van der Waals surface area contributed by atoms with Gasteiger partial charge in [0.25, 0.3) is 0 Å². The summed E-state index contributed by atoms with van der Waals surface area (Å²) in [5, 5.41) is 4.56. The van der Waals surface area contributed by atoms with Gasteiger partial charge >= 0.3 is 5.97 Å². The molecule has 0 aliphatic carbocycles. The molecule has 1 saturated heterocycles. The van der Waals surface area contributed by atoms with Gasteiger partial charge in [0.05, 0.1) is 44.1 Å². The van der Waals surface area contributed by atoms with Gasteiger partial charge in [0, 0.05) is 30.8 Å². The highest BCUT2D eigenvalue weighted by Gasteiger charge is 2.38. The van der Waals surface area contributed by atoms with Crippen LogP contribution in [-0.4, -0.2) is 69.1 Å². The normalized spacial score (nSPS) is 16.9. The van der Waals surface area contributed by atoms with Crippen LogP contribution in [0.1, 0.15) is 28.5 Å². The van der Waals surface area contributed by atoms with Gasteiger partial charge in [-0.3, -0.25) is 4.90 Å². The minimum atomic E-state index is -3.76. The molecule has 0 saturated carbocycles. The molecule has 0 amide bonds. The standard InChI is InChI=1S/C25H27N3O6S/c1-3-34-25(29)22-20-16-35(30,31)24-19(5-4-6-21(24)32-2)23(20)28(26-22)18-9-7-17(8-10-18)15-27-11-13-33-14-12-27/h4-10H,3,11-16H2,1-2H3. The van der Waals surface area contributed by atoms with E-state index in [0.717, 1.165) is 44.1 Å². The van der Waals surface area contributed by atoms with Crippen LogP contribution in [0.3, 0.4) is 0 Å². The van der Waals surface area contributed by atoms with E-state index in [1.807, 2.05) is 24.3 Å². The Balaban J connectivity index is 1.62. The first-order chi connectivity index (χ1) is 16.9. The summed E-state index contributed by atoms with van der Waals surface area (Å²) >= 11 is 0. The molecule has 3 heterocycles. The van der Waals surface area contributed by atoms with Gasteiger partial charge in [0.2, 0.25) is 0 Å². The van der Waals surface area contributed by atoms with Gasteiger partial charge in [-0.2, -0.15) is 5.10 Å². The number of carbonyl (C=O) groups is 1. The first kappa shape index (κ1) is 23.5. The number of hydrogen-bond donors (Lipinski definition) is 0. The monoisotopic (exact) mass is 497 g/mol. The second-order valence-corrected chi connectivity index (χ2v) is 10.4. The van der Waals surface area contributed by atoms with Crippen LogP contribution in [0.2, 0.25) is 0 Å². The molecule has 0 N–H and O–H groups in total. The van der Waals surface area contributed by atoms with Crippen LogP contribution >= 0.6 is 0 Å². The number of hydrogen-bond acceptors (Lipinski definition) is 8. The molecule has 1 aromatic heterocycles.